The Kier molecular flexibility index (Phi) is 6.45. The van der Waals surface area contributed by atoms with Crippen LogP contribution in [0.4, 0.5) is 18.9 Å². The molecule has 0 heterocycles. The van der Waals surface area contributed by atoms with Gasteiger partial charge in [-0.1, -0.05) is 32.9 Å². The van der Waals surface area contributed by atoms with Crippen molar-refractivity contribution in [2.45, 2.75) is 37.4 Å². The third-order valence-electron chi connectivity index (χ3n) is 3.94. The van der Waals surface area contributed by atoms with Gasteiger partial charge in [0.1, 0.15) is 5.75 Å². The summed E-state index contributed by atoms with van der Waals surface area (Å²) in [4.78, 5) is 10.0. The second kappa shape index (κ2) is 8.34. The molecule has 2 aromatic carbocycles. The van der Waals surface area contributed by atoms with Crippen LogP contribution < -0.4 is 10.1 Å². The lowest BCUT2D eigenvalue weighted by molar-refractivity contribution is -0.411. The van der Waals surface area contributed by atoms with Gasteiger partial charge in [-0.25, -0.2) is 8.42 Å². The van der Waals surface area contributed by atoms with Crippen LogP contribution in [0.15, 0.2) is 64.7 Å². The third-order valence-corrected chi connectivity index (χ3v) is 5.65. The number of alkyl halides is 3. The predicted molar refractivity (Wildman–Crippen MR) is 104 cm³/mol. The summed E-state index contributed by atoms with van der Waals surface area (Å²) >= 11 is 0. The van der Waals surface area contributed by atoms with Gasteiger partial charge in [0.25, 0.3) is 9.84 Å². The quantitative estimate of drug-likeness (QED) is 0.506. The minimum absolute atomic E-state index is 0.127. The maximum absolute atomic E-state index is 12.7. The van der Waals surface area contributed by atoms with E-state index < -0.39 is 31.9 Å². The van der Waals surface area contributed by atoms with Gasteiger partial charge in [-0.15, -0.1) is 13.2 Å². The van der Waals surface area contributed by atoms with Crippen LogP contribution in [0.5, 0.6) is 5.75 Å². The van der Waals surface area contributed by atoms with Crippen LogP contribution in [-0.2, 0) is 15.3 Å². The molecule has 11 heteroatoms. The van der Waals surface area contributed by atoms with Crippen molar-refractivity contribution in [2.24, 2.45) is 0 Å². The number of sulfone groups is 1. The van der Waals surface area contributed by atoms with E-state index in [1.807, 2.05) is 20.8 Å². The average Bonchev–Trinajstić information content (AvgIpc) is 2.61. The molecule has 0 fully saturated rings. The molecular weight excluding hydrogens is 425 g/mol. The number of anilines is 1. The van der Waals surface area contributed by atoms with Gasteiger partial charge in [0, 0.05) is 5.69 Å². The zero-order valence-corrected chi connectivity index (χ0v) is 17.0. The molecule has 0 radical (unpaired) electrons. The van der Waals surface area contributed by atoms with Crippen molar-refractivity contribution in [1.82, 2.24) is 0 Å². The number of nitrogens with one attached hydrogen (secondary N) is 1. The first-order valence-electron chi connectivity index (χ1n) is 8.53. The van der Waals surface area contributed by atoms with Gasteiger partial charge in [0.15, 0.2) is 0 Å². The zero-order chi connectivity index (χ0) is 22.7. The van der Waals surface area contributed by atoms with E-state index in [1.54, 1.807) is 12.1 Å². The molecule has 0 aliphatic carbocycles. The maximum atomic E-state index is 12.7. The van der Waals surface area contributed by atoms with Crippen molar-refractivity contribution in [3.05, 3.63) is 75.4 Å². The molecule has 30 heavy (non-hydrogen) atoms. The molecule has 2 rings (SSSR count). The third kappa shape index (κ3) is 5.96. The molecule has 0 saturated carbocycles. The Morgan fingerprint density at radius 3 is 2.00 bits per heavy atom. The Hall–Kier alpha value is -3.08. The lowest BCUT2D eigenvalue weighted by atomic mass is 9.87. The first-order valence-corrected chi connectivity index (χ1v) is 10.0. The molecule has 0 spiro atoms. The largest absolute Gasteiger partial charge is 0.573 e. The summed E-state index contributed by atoms with van der Waals surface area (Å²) in [6.45, 7) is 5.81. The highest BCUT2D eigenvalue weighted by atomic mass is 32.2. The van der Waals surface area contributed by atoms with Crippen LogP contribution in [0.3, 0.4) is 0 Å². The summed E-state index contributed by atoms with van der Waals surface area (Å²) in [5.41, 5.74) is 0.752. The van der Waals surface area contributed by atoms with Gasteiger partial charge in [-0.05, 0) is 47.4 Å². The SMILES string of the molecule is CC(C)(C)c1ccc(S(=O)(=O)C(=CNc2ccc(OC(F)(F)F)cc2)[N+](=O)[O-])cc1. The number of ether oxygens (including phenoxy) is 1. The summed E-state index contributed by atoms with van der Waals surface area (Å²) in [5, 5.41) is 12.6. The van der Waals surface area contributed by atoms with Crippen molar-refractivity contribution >= 4 is 15.5 Å². The molecule has 0 aromatic heterocycles. The fourth-order valence-corrected chi connectivity index (χ4v) is 3.53. The number of nitro groups is 1. The maximum Gasteiger partial charge on any atom is 0.573 e. The van der Waals surface area contributed by atoms with Gasteiger partial charge < -0.3 is 10.1 Å². The van der Waals surface area contributed by atoms with Crippen LogP contribution in [0.25, 0.3) is 0 Å². The minimum atomic E-state index is -4.86. The number of rotatable bonds is 6. The monoisotopic (exact) mass is 444 g/mol. The molecule has 0 amide bonds. The van der Waals surface area contributed by atoms with Crippen LogP contribution in [0, 0.1) is 10.1 Å². The highest BCUT2D eigenvalue weighted by Gasteiger charge is 2.32. The second-order valence-electron chi connectivity index (χ2n) is 7.23. The topological polar surface area (TPSA) is 98.5 Å². The zero-order valence-electron chi connectivity index (χ0n) is 16.2. The van der Waals surface area contributed by atoms with Crippen LogP contribution in [-0.4, -0.2) is 19.7 Å². The van der Waals surface area contributed by atoms with Gasteiger partial charge in [0.05, 0.1) is 16.0 Å². The lowest BCUT2D eigenvalue weighted by Gasteiger charge is -2.18. The molecule has 1 N–H and O–H groups in total. The second-order valence-corrected chi connectivity index (χ2v) is 9.13. The van der Waals surface area contributed by atoms with Crippen molar-refractivity contribution in [3.8, 4) is 5.75 Å². The Morgan fingerprint density at radius 1 is 1.03 bits per heavy atom. The molecule has 0 unspecified atom stereocenters. The highest BCUT2D eigenvalue weighted by molar-refractivity contribution is 7.95. The molecule has 0 atom stereocenters. The van der Waals surface area contributed by atoms with E-state index in [0.29, 0.717) is 6.20 Å². The van der Waals surface area contributed by atoms with Crippen LogP contribution in [0.1, 0.15) is 26.3 Å². The summed E-state index contributed by atoms with van der Waals surface area (Å²) in [6, 6.07) is 10.0. The summed E-state index contributed by atoms with van der Waals surface area (Å²) in [5.74, 6) is -0.488. The summed E-state index contributed by atoms with van der Waals surface area (Å²) in [7, 11) is -4.44. The number of nitrogens with zero attached hydrogens (tertiary/aromatic N) is 1. The molecular formula is C19H19F3N2O5S. The van der Waals surface area contributed by atoms with E-state index >= 15 is 0 Å². The van der Waals surface area contributed by atoms with E-state index in [1.165, 1.54) is 12.1 Å². The molecule has 2 aromatic rings. The molecule has 0 bridgehead atoms. The summed E-state index contributed by atoms with van der Waals surface area (Å²) < 4.78 is 65.6. The summed E-state index contributed by atoms with van der Waals surface area (Å²) in [6.07, 6.45) is -4.18. The van der Waals surface area contributed by atoms with Crippen LogP contribution in [0.2, 0.25) is 0 Å². The van der Waals surface area contributed by atoms with E-state index in [4.69, 9.17) is 0 Å². The van der Waals surface area contributed by atoms with Gasteiger partial charge in [-0.3, -0.25) is 10.1 Å². The van der Waals surface area contributed by atoms with Gasteiger partial charge in [0.2, 0.25) is 0 Å². The predicted octanol–water partition coefficient (Wildman–Crippen LogP) is 4.84. The fraction of sp³-hybridized carbons (Fsp3) is 0.263. The van der Waals surface area contributed by atoms with Gasteiger partial charge in [-0.2, -0.15) is 0 Å². The first kappa shape index (κ1) is 23.2. The average molecular weight is 444 g/mol. The highest BCUT2D eigenvalue weighted by Crippen LogP contribution is 2.27. The smallest absolute Gasteiger partial charge is 0.406 e. The normalized spacial score (nSPS) is 13.1. The van der Waals surface area contributed by atoms with E-state index in [0.717, 1.165) is 29.8 Å². The fourth-order valence-electron chi connectivity index (χ4n) is 2.38. The van der Waals surface area contributed by atoms with Crippen LogP contribution >= 0.6 is 0 Å². The lowest BCUT2D eigenvalue weighted by Crippen LogP contribution is -2.17. The number of benzene rings is 2. The van der Waals surface area contributed by atoms with E-state index in [2.05, 4.69) is 10.1 Å². The minimum Gasteiger partial charge on any atom is -0.406 e. The first-order chi connectivity index (χ1) is 13.7. The Balaban J connectivity index is 2.28. The Morgan fingerprint density at radius 2 is 1.57 bits per heavy atom. The number of halogens is 3. The molecule has 0 aliphatic heterocycles. The van der Waals surface area contributed by atoms with Crippen molar-refractivity contribution < 1.29 is 31.2 Å². The van der Waals surface area contributed by atoms with E-state index in [-0.39, 0.29) is 16.0 Å². The molecule has 0 saturated heterocycles. The number of hydrogen-bond donors (Lipinski definition) is 1. The Bertz CT molecular complexity index is 1040. The van der Waals surface area contributed by atoms with Crippen molar-refractivity contribution in [2.75, 3.05) is 5.32 Å². The van der Waals surface area contributed by atoms with Crippen molar-refractivity contribution in [1.29, 1.82) is 0 Å². The standard InChI is InChI=1S/C19H19F3N2O5S/c1-18(2,3)13-4-10-16(11-5-13)30(27,28)17(24(25)26)12-23-14-6-8-15(9-7-14)29-19(20,21)22/h4-12,23H,1-3H3. The Labute approximate surface area is 171 Å². The van der Waals surface area contributed by atoms with E-state index in [9.17, 15) is 31.7 Å². The molecule has 162 valence electrons. The van der Waals surface area contributed by atoms with Gasteiger partial charge >= 0.3 is 11.4 Å². The molecule has 0 aliphatic rings. The number of hydrogen-bond acceptors (Lipinski definition) is 6. The molecule has 7 nitrogen and oxygen atoms in total. The van der Waals surface area contributed by atoms with Crippen molar-refractivity contribution in [3.63, 3.8) is 0 Å².